The smallest absolute Gasteiger partial charge is 0.407 e. The van der Waals surface area contributed by atoms with Gasteiger partial charge in [-0.2, -0.15) is 11.8 Å². The SMILES string of the molecule is O=C(CCCC[C@@H]1SC[C@@H]2NC(=O)N[C@@H]21)NCCOCCOCCNC(=O)OCC1[C@H]2CCC#CCC[C@@H]12. The number of fused-ring (bicyclic) bond motifs is 2. The molecule has 2 aliphatic heterocycles. The van der Waals surface area contributed by atoms with Crippen LogP contribution in [-0.2, 0) is 19.0 Å². The first-order valence-corrected chi connectivity index (χ1v) is 15.1. The van der Waals surface area contributed by atoms with Crippen LogP contribution >= 0.6 is 11.8 Å². The van der Waals surface area contributed by atoms with Crippen molar-refractivity contribution in [3.63, 3.8) is 0 Å². The average molecular weight is 551 g/mol. The zero-order valence-corrected chi connectivity index (χ0v) is 23.0. The normalized spacial score (nSPS) is 28.9. The average Bonchev–Trinajstić information content (AvgIpc) is 3.16. The van der Waals surface area contributed by atoms with E-state index >= 15 is 0 Å². The van der Waals surface area contributed by atoms with Crippen LogP contribution in [0, 0.1) is 29.6 Å². The topological polar surface area (TPSA) is 127 Å². The highest BCUT2D eigenvalue weighted by atomic mass is 32.2. The van der Waals surface area contributed by atoms with Gasteiger partial charge in [0.15, 0.2) is 0 Å². The number of unbranched alkanes of at least 4 members (excludes halogenated alkanes) is 1. The number of ether oxygens (including phenoxy) is 3. The van der Waals surface area contributed by atoms with E-state index in [2.05, 4.69) is 33.1 Å². The van der Waals surface area contributed by atoms with E-state index < -0.39 is 0 Å². The molecule has 2 saturated heterocycles. The molecule has 4 N–H and O–H groups in total. The van der Waals surface area contributed by atoms with Crippen molar-refractivity contribution in [1.82, 2.24) is 21.3 Å². The lowest BCUT2D eigenvalue weighted by molar-refractivity contribution is -0.121. The Hall–Kier alpha value is -2.16. The molecule has 0 bridgehead atoms. The number of hydrogen-bond donors (Lipinski definition) is 4. The van der Waals surface area contributed by atoms with E-state index in [1.807, 2.05) is 11.8 Å². The highest BCUT2D eigenvalue weighted by molar-refractivity contribution is 8.00. The predicted molar refractivity (Wildman–Crippen MR) is 145 cm³/mol. The van der Waals surface area contributed by atoms with Crippen molar-refractivity contribution in [2.75, 3.05) is 51.9 Å². The van der Waals surface area contributed by atoms with Crippen molar-refractivity contribution >= 4 is 29.8 Å². The minimum absolute atomic E-state index is 0.0380. The van der Waals surface area contributed by atoms with Crippen LogP contribution in [-0.4, -0.2) is 87.2 Å². The Morgan fingerprint density at radius 3 is 2.39 bits per heavy atom. The van der Waals surface area contributed by atoms with Gasteiger partial charge >= 0.3 is 12.1 Å². The maximum absolute atomic E-state index is 12.0. The van der Waals surface area contributed by atoms with Gasteiger partial charge in [-0.15, -0.1) is 11.8 Å². The molecule has 0 aromatic heterocycles. The summed E-state index contributed by atoms with van der Waals surface area (Å²) in [7, 11) is 0. The van der Waals surface area contributed by atoms with Gasteiger partial charge in [-0.05, 0) is 43.4 Å². The first kappa shape index (κ1) is 28.8. The Morgan fingerprint density at radius 2 is 1.66 bits per heavy atom. The Morgan fingerprint density at radius 1 is 0.947 bits per heavy atom. The molecule has 0 spiro atoms. The van der Waals surface area contributed by atoms with E-state index in [9.17, 15) is 14.4 Å². The van der Waals surface area contributed by atoms with Crippen molar-refractivity contribution in [3.8, 4) is 11.8 Å². The van der Waals surface area contributed by atoms with Crippen LogP contribution in [0.2, 0.25) is 0 Å². The number of amides is 4. The number of nitrogens with one attached hydrogen (secondary N) is 4. The lowest BCUT2D eigenvalue weighted by Crippen LogP contribution is -2.36. The van der Waals surface area contributed by atoms with Crippen LogP contribution in [0.4, 0.5) is 9.59 Å². The quantitative estimate of drug-likeness (QED) is 0.132. The lowest BCUT2D eigenvalue weighted by atomic mass is 10.0. The summed E-state index contributed by atoms with van der Waals surface area (Å²) >= 11 is 1.90. The van der Waals surface area contributed by atoms with Gasteiger partial charge in [0.1, 0.15) is 0 Å². The number of carbonyl (C=O) groups excluding carboxylic acids is 3. The van der Waals surface area contributed by atoms with E-state index in [0.717, 1.165) is 50.7 Å². The first-order chi connectivity index (χ1) is 18.6. The molecular weight excluding hydrogens is 508 g/mol. The molecule has 6 atom stereocenters. The number of carbonyl (C=O) groups is 3. The summed E-state index contributed by atoms with van der Waals surface area (Å²) in [6.07, 6.45) is 7.12. The second-order valence-electron chi connectivity index (χ2n) is 10.4. The molecule has 4 amide bonds. The van der Waals surface area contributed by atoms with Gasteiger partial charge < -0.3 is 35.5 Å². The van der Waals surface area contributed by atoms with Gasteiger partial charge in [0.05, 0.1) is 45.1 Å². The van der Waals surface area contributed by atoms with Gasteiger partial charge in [0.2, 0.25) is 5.91 Å². The zero-order valence-electron chi connectivity index (χ0n) is 22.1. The molecule has 3 fully saturated rings. The number of thioether (sulfide) groups is 1. The van der Waals surface area contributed by atoms with Gasteiger partial charge in [-0.3, -0.25) is 4.79 Å². The Bertz CT molecular complexity index is 846. The molecular formula is C27H42N4O6S. The third kappa shape index (κ3) is 9.24. The molecule has 11 heteroatoms. The van der Waals surface area contributed by atoms with Crippen LogP contribution in [0.5, 0.6) is 0 Å². The summed E-state index contributed by atoms with van der Waals surface area (Å²) in [4.78, 5) is 35.3. The summed E-state index contributed by atoms with van der Waals surface area (Å²) in [6, 6.07) is 0.414. The maximum Gasteiger partial charge on any atom is 0.407 e. The predicted octanol–water partition coefficient (Wildman–Crippen LogP) is 2.03. The molecule has 0 radical (unpaired) electrons. The molecule has 38 heavy (non-hydrogen) atoms. The third-order valence-corrected chi connectivity index (χ3v) is 9.29. The molecule has 2 heterocycles. The summed E-state index contributed by atoms with van der Waals surface area (Å²) < 4.78 is 16.3. The highest BCUT2D eigenvalue weighted by Crippen LogP contribution is 2.52. The number of rotatable bonds is 16. The van der Waals surface area contributed by atoms with E-state index in [1.165, 1.54) is 0 Å². The van der Waals surface area contributed by atoms with Crippen LogP contribution in [0.3, 0.4) is 0 Å². The van der Waals surface area contributed by atoms with Crippen LogP contribution < -0.4 is 21.3 Å². The van der Waals surface area contributed by atoms with Crippen LogP contribution in [0.15, 0.2) is 0 Å². The number of hydrogen-bond acceptors (Lipinski definition) is 7. The van der Waals surface area contributed by atoms with Crippen molar-refractivity contribution in [3.05, 3.63) is 0 Å². The third-order valence-electron chi connectivity index (χ3n) is 7.78. The molecule has 10 nitrogen and oxygen atoms in total. The van der Waals surface area contributed by atoms with Crippen molar-refractivity contribution in [1.29, 1.82) is 0 Å². The molecule has 2 aliphatic carbocycles. The van der Waals surface area contributed by atoms with E-state index in [1.54, 1.807) is 0 Å². The van der Waals surface area contributed by atoms with Gasteiger partial charge in [0, 0.05) is 43.4 Å². The van der Waals surface area contributed by atoms with Crippen LogP contribution in [0.25, 0.3) is 0 Å². The molecule has 0 aromatic rings. The van der Waals surface area contributed by atoms with Gasteiger partial charge in [-0.1, -0.05) is 6.42 Å². The Kier molecular flexibility index (Phi) is 11.7. The highest BCUT2D eigenvalue weighted by Gasteiger charge is 2.49. The van der Waals surface area contributed by atoms with Crippen LogP contribution in [0.1, 0.15) is 51.4 Å². The van der Waals surface area contributed by atoms with Crippen molar-refractivity contribution in [2.24, 2.45) is 17.8 Å². The van der Waals surface area contributed by atoms with Gasteiger partial charge in [-0.25, -0.2) is 9.59 Å². The maximum atomic E-state index is 12.0. The van der Waals surface area contributed by atoms with Crippen molar-refractivity contribution in [2.45, 2.75) is 68.7 Å². The molecule has 1 unspecified atom stereocenters. The van der Waals surface area contributed by atoms with E-state index in [0.29, 0.717) is 75.5 Å². The number of alkyl carbamates (subject to hydrolysis) is 1. The Balaban J connectivity index is 0.881. The lowest BCUT2D eigenvalue weighted by Gasteiger charge is -2.16. The van der Waals surface area contributed by atoms with E-state index in [4.69, 9.17) is 14.2 Å². The summed E-state index contributed by atoms with van der Waals surface area (Å²) in [6.45, 7) is 3.05. The molecule has 4 rings (SSSR count). The van der Waals surface area contributed by atoms with Crippen molar-refractivity contribution < 1.29 is 28.6 Å². The van der Waals surface area contributed by atoms with Gasteiger partial charge in [0.25, 0.3) is 0 Å². The monoisotopic (exact) mass is 550 g/mol. The molecule has 0 aromatic carbocycles. The number of urea groups is 1. The summed E-state index contributed by atoms with van der Waals surface area (Å²) in [5, 5.41) is 12.0. The first-order valence-electron chi connectivity index (χ1n) is 14.1. The molecule has 1 saturated carbocycles. The Labute approximate surface area is 229 Å². The fourth-order valence-electron chi connectivity index (χ4n) is 5.68. The minimum Gasteiger partial charge on any atom is -0.449 e. The second-order valence-corrected chi connectivity index (χ2v) is 11.7. The summed E-state index contributed by atoms with van der Waals surface area (Å²) in [5.41, 5.74) is 0. The fourth-order valence-corrected chi connectivity index (χ4v) is 7.22. The fraction of sp³-hybridized carbons (Fsp3) is 0.815. The summed E-state index contributed by atoms with van der Waals surface area (Å²) in [5.74, 6) is 9.22. The molecule has 4 aliphatic rings. The largest absolute Gasteiger partial charge is 0.449 e. The van der Waals surface area contributed by atoms with E-state index in [-0.39, 0.29) is 30.1 Å². The zero-order chi connectivity index (χ0) is 26.6. The molecule has 212 valence electrons. The standard InChI is InChI=1S/C27H42N4O6S/c32-24(10-6-5-9-23-25-22(18-38-23)30-26(33)31-25)28-11-13-35-15-16-36-14-12-29-27(34)37-17-21-19-7-3-1-2-4-8-20(19)21/h19-23,25H,3-18H2,(H,28,32)(H,29,34)(H2,30,31,33)/t19-,20+,21?,22-,23-,25-/m0/s1. The minimum atomic E-state index is -0.387. The second kappa shape index (κ2) is 15.4.